The van der Waals surface area contributed by atoms with Crippen LogP contribution in [0.5, 0.6) is 5.75 Å². The number of benzene rings is 2. The van der Waals surface area contributed by atoms with Gasteiger partial charge < -0.3 is 15.2 Å². The summed E-state index contributed by atoms with van der Waals surface area (Å²) in [5, 5.41) is 14.0. The lowest BCUT2D eigenvalue weighted by Gasteiger charge is -2.13. The first-order valence-corrected chi connectivity index (χ1v) is 11.0. The van der Waals surface area contributed by atoms with Crippen molar-refractivity contribution < 1.29 is 19.4 Å². The van der Waals surface area contributed by atoms with Crippen molar-refractivity contribution in [3.8, 4) is 16.2 Å². The molecule has 0 aliphatic rings. The Morgan fingerprint density at radius 2 is 1.86 bits per heavy atom. The van der Waals surface area contributed by atoms with Gasteiger partial charge in [-0.05, 0) is 46.4 Å². The van der Waals surface area contributed by atoms with E-state index in [1.165, 1.54) is 24.5 Å². The molecule has 2 aromatic carbocycles. The fraction of sp³-hybridized carbons (Fsp3) is 0.0526. The van der Waals surface area contributed by atoms with Gasteiger partial charge in [0.05, 0.1) is 38.3 Å². The molecule has 0 unspecified atom stereocenters. The van der Waals surface area contributed by atoms with Gasteiger partial charge in [0.25, 0.3) is 5.91 Å². The van der Waals surface area contributed by atoms with E-state index >= 15 is 0 Å². The van der Waals surface area contributed by atoms with Gasteiger partial charge in [0.2, 0.25) is 0 Å². The first-order chi connectivity index (χ1) is 13.7. The Morgan fingerprint density at radius 1 is 1.14 bits per heavy atom. The number of methoxy groups -OCH3 is 1. The van der Waals surface area contributed by atoms with Gasteiger partial charge >= 0.3 is 5.97 Å². The van der Waals surface area contributed by atoms with Crippen molar-refractivity contribution in [3.05, 3.63) is 65.5 Å². The molecule has 3 aromatic rings. The fourth-order valence-corrected chi connectivity index (χ4v) is 5.28. The van der Waals surface area contributed by atoms with Crippen LogP contribution >= 0.6 is 68.7 Å². The van der Waals surface area contributed by atoms with E-state index < -0.39 is 11.9 Å². The summed E-state index contributed by atoms with van der Waals surface area (Å²) in [6, 6.07) is 8.75. The highest BCUT2D eigenvalue weighted by Crippen LogP contribution is 2.41. The van der Waals surface area contributed by atoms with Crippen molar-refractivity contribution in [1.29, 1.82) is 0 Å². The first kappa shape index (κ1) is 22.2. The second-order valence-electron chi connectivity index (χ2n) is 5.69. The van der Waals surface area contributed by atoms with Gasteiger partial charge in [-0.25, -0.2) is 4.79 Å². The maximum Gasteiger partial charge on any atom is 0.339 e. The molecule has 0 atom stereocenters. The van der Waals surface area contributed by atoms with Crippen LogP contribution in [0.2, 0.25) is 15.1 Å². The van der Waals surface area contributed by atoms with E-state index in [0.717, 1.165) is 9.13 Å². The third-order valence-corrected chi connectivity index (χ3v) is 6.54. The molecule has 0 radical (unpaired) electrons. The van der Waals surface area contributed by atoms with Gasteiger partial charge in [0.1, 0.15) is 5.56 Å². The highest BCUT2D eigenvalue weighted by atomic mass is 127. The van der Waals surface area contributed by atoms with Gasteiger partial charge in [0, 0.05) is 8.95 Å². The molecule has 150 valence electrons. The van der Waals surface area contributed by atoms with Gasteiger partial charge in [-0.15, -0.1) is 11.3 Å². The number of halogens is 4. The summed E-state index contributed by atoms with van der Waals surface area (Å²) in [5.74, 6) is -1.74. The second kappa shape index (κ2) is 9.09. The lowest BCUT2D eigenvalue weighted by Crippen LogP contribution is -2.15. The average Bonchev–Trinajstić information content (AvgIpc) is 3.05. The fourth-order valence-electron chi connectivity index (χ4n) is 2.66. The molecule has 0 saturated heterocycles. The molecule has 1 aromatic heterocycles. The van der Waals surface area contributed by atoms with E-state index in [1.807, 2.05) is 24.3 Å². The zero-order valence-corrected chi connectivity index (χ0v) is 19.8. The number of rotatable bonds is 5. The number of carbonyl (C=O) groups is 2. The van der Waals surface area contributed by atoms with Gasteiger partial charge in [-0.3, -0.25) is 4.79 Å². The van der Waals surface area contributed by atoms with Crippen LogP contribution < -0.4 is 10.1 Å². The minimum Gasteiger partial charge on any atom is -0.494 e. The van der Waals surface area contributed by atoms with Crippen LogP contribution in [-0.4, -0.2) is 24.1 Å². The predicted octanol–water partition coefficient (Wildman–Crippen LogP) is 6.94. The second-order valence-corrected chi connectivity index (χ2v) is 9.00. The molecule has 0 saturated carbocycles. The summed E-state index contributed by atoms with van der Waals surface area (Å²) in [7, 11) is 1.36. The van der Waals surface area contributed by atoms with Gasteiger partial charge in [0.15, 0.2) is 5.75 Å². The zero-order chi connectivity index (χ0) is 21.3. The quantitative estimate of drug-likeness (QED) is 0.320. The molecule has 10 heteroatoms. The number of carboxylic acids is 1. The lowest BCUT2D eigenvalue weighted by atomic mass is 10.1. The smallest absolute Gasteiger partial charge is 0.339 e. The summed E-state index contributed by atoms with van der Waals surface area (Å²) in [6.07, 6.45) is 0. The van der Waals surface area contributed by atoms with Crippen LogP contribution in [0, 0.1) is 3.57 Å². The van der Waals surface area contributed by atoms with Crippen molar-refractivity contribution in [2.45, 2.75) is 0 Å². The maximum absolute atomic E-state index is 12.8. The molecule has 0 spiro atoms. The number of carboxylic acid groups (broad SMARTS) is 1. The van der Waals surface area contributed by atoms with Crippen molar-refractivity contribution in [2.24, 2.45) is 0 Å². The van der Waals surface area contributed by atoms with E-state index in [2.05, 4.69) is 27.9 Å². The molecule has 1 amide bonds. The van der Waals surface area contributed by atoms with Crippen molar-refractivity contribution in [3.63, 3.8) is 0 Å². The van der Waals surface area contributed by atoms with Gasteiger partial charge in [-0.2, -0.15) is 0 Å². The van der Waals surface area contributed by atoms with Gasteiger partial charge in [-0.1, -0.05) is 46.9 Å². The van der Waals surface area contributed by atoms with E-state index in [1.54, 1.807) is 5.38 Å². The Balaban J connectivity index is 2.04. The molecule has 1 heterocycles. The Labute approximate surface area is 198 Å². The number of hydrogen-bond acceptors (Lipinski definition) is 4. The van der Waals surface area contributed by atoms with Crippen molar-refractivity contribution in [2.75, 3.05) is 12.4 Å². The number of aromatic carboxylic acids is 1. The number of carbonyl (C=O) groups excluding carboxylic acids is 1. The number of hydrogen-bond donors (Lipinski definition) is 2. The Morgan fingerprint density at radius 3 is 2.48 bits per heavy atom. The Bertz CT molecular complexity index is 1130. The SMILES string of the molecule is COc1c(Cl)cc(Cl)c(C(=O)Nc2csc(-c3cccc(I)c3)c2C(=O)O)c1Cl. The minimum absolute atomic E-state index is 0.0153. The zero-order valence-electron chi connectivity index (χ0n) is 14.6. The third kappa shape index (κ3) is 4.49. The molecule has 0 aliphatic heterocycles. The van der Waals surface area contributed by atoms with Crippen LogP contribution in [0.15, 0.2) is 35.7 Å². The van der Waals surface area contributed by atoms with Crippen LogP contribution in [0.4, 0.5) is 5.69 Å². The molecular formula is C19H11Cl3INO4S. The maximum atomic E-state index is 12.8. The van der Waals surface area contributed by atoms with Crippen LogP contribution in [0.1, 0.15) is 20.7 Å². The van der Waals surface area contributed by atoms with Crippen LogP contribution in [0.25, 0.3) is 10.4 Å². The van der Waals surface area contributed by atoms with E-state index in [4.69, 9.17) is 39.5 Å². The topological polar surface area (TPSA) is 75.6 Å². The summed E-state index contributed by atoms with van der Waals surface area (Å²) in [4.78, 5) is 25.3. The van der Waals surface area contributed by atoms with Crippen molar-refractivity contribution in [1.82, 2.24) is 0 Å². The minimum atomic E-state index is -1.17. The Hall–Kier alpha value is -1.52. The number of amides is 1. The largest absolute Gasteiger partial charge is 0.494 e. The third-order valence-electron chi connectivity index (χ3n) is 3.90. The van der Waals surface area contributed by atoms with E-state index in [0.29, 0.717) is 4.88 Å². The number of nitrogens with one attached hydrogen (secondary N) is 1. The number of anilines is 1. The molecule has 29 heavy (non-hydrogen) atoms. The highest BCUT2D eigenvalue weighted by Gasteiger charge is 2.25. The predicted molar refractivity (Wildman–Crippen MR) is 125 cm³/mol. The summed E-state index contributed by atoms with van der Waals surface area (Å²) in [6.45, 7) is 0. The molecular weight excluding hydrogens is 572 g/mol. The molecule has 5 nitrogen and oxygen atoms in total. The molecule has 0 fully saturated rings. The Kier molecular flexibility index (Phi) is 6.95. The van der Waals surface area contributed by atoms with E-state index in [-0.39, 0.29) is 37.6 Å². The lowest BCUT2D eigenvalue weighted by molar-refractivity contribution is 0.0699. The summed E-state index contributed by atoms with van der Waals surface area (Å²) in [5.41, 5.74) is 0.804. The standard InChI is InChI=1S/C19H11Cl3INO4S/c1-28-16-11(21)6-10(20)13(15(16)22)18(25)24-12-7-29-17(14(12)19(26)27)8-3-2-4-9(23)5-8/h2-7H,1H3,(H,24,25)(H,26,27). The molecule has 0 bridgehead atoms. The van der Waals surface area contributed by atoms with E-state index in [9.17, 15) is 14.7 Å². The number of thiophene rings is 1. The van der Waals surface area contributed by atoms with Crippen molar-refractivity contribution >= 4 is 86.3 Å². The average molecular weight is 583 g/mol. The first-order valence-electron chi connectivity index (χ1n) is 7.88. The monoisotopic (exact) mass is 581 g/mol. The highest BCUT2D eigenvalue weighted by molar-refractivity contribution is 14.1. The molecule has 2 N–H and O–H groups in total. The summed E-state index contributed by atoms with van der Waals surface area (Å²) >= 11 is 21.8. The summed E-state index contributed by atoms with van der Waals surface area (Å²) < 4.78 is 6.07. The van der Waals surface area contributed by atoms with Crippen LogP contribution in [-0.2, 0) is 0 Å². The molecule has 0 aliphatic carbocycles. The number of ether oxygens (including phenoxy) is 1. The normalized spacial score (nSPS) is 10.7. The molecule has 3 rings (SSSR count). The van der Waals surface area contributed by atoms with Crippen LogP contribution in [0.3, 0.4) is 0 Å².